The van der Waals surface area contributed by atoms with Crippen LogP contribution in [0.5, 0.6) is 0 Å². The van der Waals surface area contributed by atoms with E-state index in [9.17, 15) is 13.2 Å². The number of hydrogen-bond acceptors (Lipinski definition) is 2. The number of rotatable bonds is 1. The van der Waals surface area contributed by atoms with Gasteiger partial charge < -0.3 is 4.98 Å². The van der Waals surface area contributed by atoms with Crippen molar-refractivity contribution in [2.45, 2.75) is 31.6 Å². The number of nitrogens with one attached hydrogen (secondary N) is 1. The lowest BCUT2D eigenvalue weighted by Gasteiger charge is -1.93. The molecular weight excluding hydrogens is 249 g/mol. The molecule has 1 N–H and O–H groups in total. The van der Waals surface area contributed by atoms with Gasteiger partial charge in [0.05, 0.1) is 11.0 Å². The van der Waals surface area contributed by atoms with Crippen LogP contribution in [0.25, 0.3) is 11.0 Å². The van der Waals surface area contributed by atoms with Crippen molar-refractivity contribution in [2.24, 2.45) is 0 Å². The highest BCUT2D eigenvalue weighted by Crippen LogP contribution is 2.15. The number of hydrogen-bond donors (Lipinski definition) is 2. The Morgan fingerprint density at radius 1 is 1.35 bits per heavy atom. The molecule has 0 fully saturated rings. The summed E-state index contributed by atoms with van der Waals surface area (Å²) in [5.41, 5.74) is 3.36. The molecule has 2 nitrogen and oxygen atoms in total. The number of H-pyrrole nitrogens is 1. The van der Waals surface area contributed by atoms with Crippen molar-refractivity contribution in [3.8, 4) is 0 Å². The van der Waals surface area contributed by atoms with E-state index in [-0.39, 0.29) is 6.92 Å². The van der Waals surface area contributed by atoms with Crippen molar-refractivity contribution in [2.75, 3.05) is 0 Å². The topological polar surface area (TPSA) is 28.7 Å². The highest BCUT2D eigenvalue weighted by Gasteiger charge is 2.15. The van der Waals surface area contributed by atoms with Crippen LogP contribution in [0.4, 0.5) is 13.2 Å². The molecule has 2 aromatic rings. The summed E-state index contributed by atoms with van der Waals surface area (Å²) in [6.07, 6.45) is -2.95. The van der Waals surface area contributed by atoms with E-state index < -0.39 is 6.18 Å². The summed E-state index contributed by atoms with van der Waals surface area (Å²) in [6, 6.07) is 6.24. The molecule has 0 unspecified atom stereocenters. The minimum Gasteiger partial charge on any atom is -0.333 e. The summed E-state index contributed by atoms with van der Waals surface area (Å²) >= 11 is 4.14. The van der Waals surface area contributed by atoms with Gasteiger partial charge in [0, 0.05) is 6.92 Å². The minimum atomic E-state index is -4.00. The highest BCUT2D eigenvalue weighted by atomic mass is 32.1. The molecule has 0 aliphatic carbocycles. The lowest BCUT2D eigenvalue weighted by Crippen LogP contribution is -1.95. The molecule has 6 heteroatoms. The second kappa shape index (κ2) is 5.44. The van der Waals surface area contributed by atoms with E-state index in [1.807, 2.05) is 6.07 Å². The Morgan fingerprint density at radius 2 is 1.94 bits per heavy atom. The third-order valence-corrected chi connectivity index (χ3v) is 2.16. The maximum Gasteiger partial charge on any atom is 0.386 e. The molecule has 1 aromatic heterocycles. The van der Waals surface area contributed by atoms with E-state index in [1.165, 1.54) is 5.56 Å². The standard InChI is InChI=1S/C9H10N2S.C2H3F3/c1-2-6-3-4-7-8(5-6)11-9(12)10-7;1-2(3,4)5/h3-5H,2H2,1H3,(H2,10,11,12);1H3. The molecule has 0 radical (unpaired) electrons. The van der Waals surface area contributed by atoms with Crippen molar-refractivity contribution in [1.82, 2.24) is 9.97 Å². The van der Waals surface area contributed by atoms with E-state index in [0.717, 1.165) is 17.5 Å². The van der Waals surface area contributed by atoms with Gasteiger partial charge in [-0.3, -0.25) is 0 Å². The average Bonchev–Trinajstić information content (AvgIpc) is 2.53. The number of benzene rings is 1. The molecule has 1 heterocycles. The highest BCUT2D eigenvalue weighted by molar-refractivity contribution is 7.80. The van der Waals surface area contributed by atoms with Crippen LogP contribution < -0.4 is 0 Å². The smallest absolute Gasteiger partial charge is 0.333 e. The molecule has 0 spiro atoms. The van der Waals surface area contributed by atoms with Gasteiger partial charge in [0.25, 0.3) is 0 Å². The van der Waals surface area contributed by atoms with Crippen LogP contribution in [0.15, 0.2) is 23.4 Å². The fourth-order valence-electron chi connectivity index (χ4n) is 1.26. The Kier molecular flexibility index (Phi) is 4.45. The molecule has 0 aliphatic rings. The van der Waals surface area contributed by atoms with E-state index >= 15 is 0 Å². The number of aromatic nitrogens is 2. The number of imidazole rings is 1. The van der Waals surface area contributed by atoms with Crippen LogP contribution in [0.1, 0.15) is 19.4 Å². The van der Waals surface area contributed by atoms with Gasteiger partial charge in [-0.25, -0.2) is 4.98 Å². The lowest BCUT2D eigenvalue weighted by atomic mass is 10.1. The first-order chi connectivity index (χ1) is 7.79. The second-order valence-corrected chi connectivity index (χ2v) is 3.97. The zero-order valence-corrected chi connectivity index (χ0v) is 10.4. The van der Waals surface area contributed by atoms with Crippen LogP contribution in [0.3, 0.4) is 0 Å². The largest absolute Gasteiger partial charge is 0.386 e. The number of aromatic amines is 1. The first-order valence-corrected chi connectivity index (χ1v) is 5.48. The molecule has 94 valence electrons. The molecule has 0 aliphatic heterocycles. The first-order valence-electron chi connectivity index (χ1n) is 5.04. The van der Waals surface area contributed by atoms with Crippen LogP contribution in [0.2, 0.25) is 0 Å². The summed E-state index contributed by atoms with van der Waals surface area (Å²) in [6.45, 7) is 2.32. The first kappa shape index (κ1) is 13.9. The zero-order chi connectivity index (χ0) is 13.1. The number of alkyl halides is 3. The number of halogens is 3. The van der Waals surface area contributed by atoms with Crippen LogP contribution in [0, 0.1) is 0 Å². The quantitative estimate of drug-likeness (QED) is 0.748. The number of aryl methyl sites for hydroxylation is 1. The Bertz CT molecular complexity index is 485. The number of thiol groups is 1. The van der Waals surface area contributed by atoms with E-state index in [4.69, 9.17) is 0 Å². The van der Waals surface area contributed by atoms with Gasteiger partial charge in [0.15, 0.2) is 5.16 Å². The fourth-order valence-corrected chi connectivity index (χ4v) is 1.49. The Labute approximate surface area is 103 Å². The molecule has 2 rings (SSSR count). The molecule has 0 amide bonds. The average molecular weight is 262 g/mol. The van der Waals surface area contributed by atoms with Crippen LogP contribution >= 0.6 is 12.6 Å². The van der Waals surface area contributed by atoms with Crippen molar-refractivity contribution in [3.05, 3.63) is 23.8 Å². The molecular formula is C11H13F3N2S. The fraction of sp³-hybridized carbons (Fsp3) is 0.364. The summed E-state index contributed by atoms with van der Waals surface area (Å²) in [7, 11) is 0. The van der Waals surface area contributed by atoms with Gasteiger partial charge in [-0.1, -0.05) is 13.0 Å². The summed E-state index contributed by atoms with van der Waals surface area (Å²) in [5, 5.41) is 0.679. The van der Waals surface area contributed by atoms with E-state index in [2.05, 4.69) is 41.7 Å². The van der Waals surface area contributed by atoms with E-state index in [1.54, 1.807) is 0 Å². The molecule has 0 bridgehead atoms. The zero-order valence-electron chi connectivity index (χ0n) is 9.47. The van der Waals surface area contributed by atoms with Crippen molar-refractivity contribution in [1.29, 1.82) is 0 Å². The molecule has 0 saturated carbocycles. The maximum absolute atomic E-state index is 10.4. The normalized spacial score (nSPS) is 11.2. The Balaban J connectivity index is 0.000000249. The minimum absolute atomic E-state index is 0.188. The van der Waals surface area contributed by atoms with Gasteiger partial charge in [0.1, 0.15) is 0 Å². The molecule has 0 saturated heterocycles. The second-order valence-electron chi connectivity index (χ2n) is 3.55. The predicted molar refractivity (Wildman–Crippen MR) is 64.5 cm³/mol. The van der Waals surface area contributed by atoms with Gasteiger partial charge in [-0.15, -0.1) is 12.6 Å². The van der Waals surface area contributed by atoms with Gasteiger partial charge in [0.2, 0.25) is 0 Å². The van der Waals surface area contributed by atoms with Gasteiger partial charge >= 0.3 is 6.18 Å². The van der Waals surface area contributed by atoms with Crippen molar-refractivity contribution in [3.63, 3.8) is 0 Å². The third kappa shape index (κ3) is 5.12. The summed E-state index contributed by atoms with van der Waals surface area (Å²) in [5.74, 6) is 0. The van der Waals surface area contributed by atoms with Crippen LogP contribution in [-0.2, 0) is 6.42 Å². The Morgan fingerprint density at radius 3 is 2.47 bits per heavy atom. The summed E-state index contributed by atoms with van der Waals surface area (Å²) in [4.78, 5) is 7.29. The van der Waals surface area contributed by atoms with Gasteiger partial charge in [-0.2, -0.15) is 13.2 Å². The lowest BCUT2D eigenvalue weighted by molar-refractivity contribution is -0.110. The Hall–Kier alpha value is -1.17. The molecule has 1 aromatic carbocycles. The number of nitrogens with zero attached hydrogens (tertiary/aromatic N) is 1. The maximum atomic E-state index is 10.4. The monoisotopic (exact) mass is 262 g/mol. The van der Waals surface area contributed by atoms with E-state index in [0.29, 0.717) is 5.16 Å². The SMILES string of the molecule is CC(F)(F)F.CCc1ccc2[nH]c(S)nc2c1. The van der Waals surface area contributed by atoms with Crippen molar-refractivity contribution < 1.29 is 13.2 Å². The van der Waals surface area contributed by atoms with Crippen molar-refractivity contribution >= 4 is 23.7 Å². The number of fused-ring (bicyclic) bond motifs is 1. The summed E-state index contributed by atoms with van der Waals surface area (Å²) < 4.78 is 31.1. The van der Waals surface area contributed by atoms with Crippen LogP contribution in [-0.4, -0.2) is 16.1 Å². The molecule has 17 heavy (non-hydrogen) atoms. The molecule has 0 atom stereocenters. The van der Waals surface area contributed by atoms with Gasteiger partial charge in [-0.05, 0) is 24.1 Å². The third-order valence-electron chi connectivity index (χ3n) is 1.94. The predicted octanol–water partition coefficient (Wildman–Crippen LogP) is 3.98.